The predicted molar refractivity (Wildman–Crippen MR) is 85.2 cm³/mol. The lowest BCUT2D eigenvalue weighted by molar-refractivity contribution is 0.420. The molecule has 2 aromatic carbocycles. The maximum absolute atomic E-state index is 4.96. The quantitative estimate of drug-likeness (QED) is 0.535. The largest absolute Gasteiger partial charge is 0.364 e. The third-order valence-electron chi connectivity index (χ3n) is 3.99. The van der Waals surface area contributed by atoms with E-state index in [4.69, 9.17) is 4.52 Å². The molecule has 3 heteroatoms. The Morgan fingerprint density at radius 1 is 1.00 bits per heavy atom. The first-order chi connectivity index (χ1) is 10.4. The molecule has 0 aliphatic rings. The van der Waals surface area contributed by atoms with E-state index in [1.807, 2.05) is 0 Å². The minimum Gasteiger partial charge on any atom is -0.364 e. The molecule has 3 nitrogen and oxygen atoms in total. The van der Waals surface area contributed by atoms with Crippen LogP contribution in [0, 0.1) is 0 Å². The highest BCUT2D eigenvalue weighted by Crippen LogP contribution is 2.32. The van der Waals surface area contributed by atoms with E-state index in [0.717, 1.165) is 24.1 Å². The summed E-state index contributed by atoms with van der Waals surface area (Å²) >= 11 is 0. The van der Waals surface area contributed by atoms with Gasteiger partial charge in [0.1, 0.15) is 6.26 Å². The van der Waals surface area contributed by atoms with Crippen molar-refractivity contribution in [2.24, 2.45) is 0 Å². The van der Waals surface area contributed by atoms with Crippen LogP contribution in [-0.4, -0.2) is 9.72 Å². The van der Waals surface area contributed by atoms with Gasteiger partial charge in [0.25, 0.3) is 0 Å². The fourth-order valence-corrected chi connectivity index (χ4v) is 3.05. The van der Waals surface area contributed by atoms with E-state index >= 15 is 0 Å². The normalized spacial score (nSPS) is 11.5. The number of nitrogens with zero attached hydrogens (tertiary/aromatic N) is 2. The van der Waals surface area contributed by atoms with Crippen LogP contribution in [0.2, 0.25) is 0 Å². The van der Waals surface area contributed by atoms with Gasteiger partial charge in [-0.1, -0.05) is 36.3 Å². The van der Waals surface area contributed by atoms with Crippen molar-refractivity contribution in [2.45, 2.75) is 19.9 Å². The Labute approximate surface area is 122 Å². The van der Waals surface area contributed by atoms with Crippen LogP contribution in [-0.2, 0) is 6.54 Å². The number of hydrogen-bond donors (Lipinski definition) is 0. The van der Waals surface area contributed by atoms with Crippen molar-refractivity contribution < 1.29 is 4.52 Å². The number of hydrogen-bond acceptors (Lipinski definition) is 2. The predicted octanol–water partition coefficient (Wildman–Crippen LogP) is 4.86. The second kappa shape index (κ2) is 4.77. The van der Waals surface area contributed by atoms with E-state index in [2.05, 4.69) is 59.1 Å². The van der Waals surface area contributed by atoms with E-state index in [-0.39, 0.29) is 0 Å². The van der Waals surface area contributed by atoms with E-state index in [9.17, 15) is 0 Å². The summed E-state index contributed by atoms with van der Waals surface area (Å²) in [7, 11) is 0. The Kier molecular flexibility index (Phi) is 2.78. The lowest BCUT2D eigenvalue weighted by Crippen LogP contribution is -1.95. The molecule has 0 atom stereocenters. The first-order valence-electron chi connectivity index (χ1n) is 7.29. The molecule has 0 unspecified atom stereocenters. The molecule has 0 aliphatic heterocycles. The van der Waals surface area contributed by atoms with Crippen molar-refractivity contribution in [3.8, 4) is 11.1 Å². The number of aryl methyl sites for hydroxylation is 1. The third kappa shape index (κ3) is 1.85. The van der Waals surface area contributed by atoms with Crippen molar-refractivity contribution in [2.75, 3.05) is 0 Å². The van der Waals surface area contributed by atoms with Crippen LogP contribution in [0.25, 0.3) is 32.9 Å². The van der Waals surface area contributed by atoms with Crippen LogP contribution in [0.5, 0.6) is 0 Å². The van der Waals surface area contributed by atoms with Crippen LogP contribution < -0.4 is 0 Å². The summed E-state index contributed by atoms with van der Waals surface area (Å²) in [6, 6.07) is 15.2. The van der Waals surface area contributed by atoms with Crippen LogP contribution in [0.15, 0.2) is 59.4 Å². The van der Waals surface area contributed by atoms with E-state index in [1.165, 1.54) is 21.8 Å². The molecule has 0 amide bonds. The average molecular weight is 276 g/mol. The van der Waals surface area contributed by atoms with Crippen LogP contribution >= 0.6 is 0 Å². The van der Waals surface area contributed by atoms with Gasteiger partial charge in [-0.05, 0) is 30.2 Å². The maximum atomic E-state index is 4.96. The Bertz CT molecular complexity index is 904. The van der Waals surface area contributed by atoms with Gasteiger partial charge >= 0.3 is 0 Å². The van der Waals surface area contributed by atoms with Gasteiger partial charge in [-0.2, -0.15) is 0 Å². The molecular weight excluding hydrogens is 260 g/mol. The number of fused-ring (bicyclic) bond motifs is 3. The molecule has 0 N–H and O–H groups in total. The Hall–Kier alpha value is -2.55. The highest BCUT2D eigenvalue weighted by Gasteiger charge is 2.11. The van der Waals surface area contributed by atoms with Crippen molar-refractivity contribution in [3.05, 3.63) is 54.9 Å². The standard InChI is InChI=1S/C18H16N2O/c1-2-9-20-17-6-4-3-5-15(17)16-10-13(7-8-18(16)20)14-11-19-21-12-14/h3-8,10-12H,2,9H2,1H3. The molecule has 4 aromatic rings. The lowest BCUT2D eigenvalue weighted by Gasteiger charge is -2.05. The van der Waals surface area contributed by atoms with Gasteiger partial charge in [0.15, 0.2) is 0 Å². The fourth-order valence-electron chi connectivity index (χ4n) is 3.05. The summed E-state index contributed by atoms with van der Waals surface area (Å²) in [6.45, 7) is 3.25. The fraction of sp³-hybridized carbons (Fsp3) is 0.167. The van der Waals surface area contributed by atoms with E-state index in [1.54, 1.807) is 12.5 Å². The molecule has 0 bridgehead atoms. The molecule has 0 spiro atoms. The minimum atomic E-state index is 1.02. The molecule has 4 rings (SSSR count). The molecule has 0 radical (unpaired) electrons. The molecule has 2 aromatic heterocycles. The molecule has 2 heterocycles. The van der Waals surface area contributed by atoms with Gasteiger partial charge in [-0.15, -0.1) is 0 Å². The van der Waals surface area contributed by atoms with Gasteiger partial charge in [0.2, 0.25) is 0 Å². The molecule has 0 saturated carbocycles. The van der Waals surface area contributed by atoms with Crippen molar-refractivity contribution >= 4 is 21.8 Å². The number of rotatable bonds is 3. The van der Waals surface area contributed by atoms with Gasteiger partial charge in [-0.3, -0.25) is 0 Å². The molecule has 0 fully saturated rings. The topological polar surface area (TPSA) is 31.0 Å². The molecular formula is C18H16N2O. The van der Waals surface area contributed by atoms with Crippen molar-refractivity contribution in [3.63, 3.8) is 0 Å². The second-order valence-electron chi connectivity index (χ2n) is 5.31. The average Bonchev–Trinajstić information content (AvgIpc) is 3.15. The summed E-state index contributed by atoms with van der Waals surface area (Å²) in [5.74, 6) is 0. The molecule has 0 aliphatic carbocycles. The SMILES string of the molecule is CCCn1c2ccccc2c2cc(-c3cnoc3)ccc21. The van der Waals surface area contributed by atoms with Crippen molar-refractivity contribution in [1.29, 1.82) is 0 Å². The molecule has 104 valence electrons. The first kappa shape index (κ1) is 12.2. The summed E-state index contributed by atoms with van der Waals surface area (Å²) in [5.41, 5.74) is 4.75. The Morgan fingerprint density at radius 2 is 1.86 bits per heavy atom. The zero-order chi connectivity index (χ0) is 14.2. The van der Waals surface area contributed by atoms with Gasteiger partial charge in [0.05, 0.1) is 6.20 Å². The Morgan fingerprint density at radius 3 is 2.67 bits per heavy atom. The van der Waals surface area contributed by atoms with E-state index < -0.39 is 0 Å². The van der Waals surface area contributed by atoms with Crippen molar-refractivity contribution in [1.82, 2.24) is 9.72 Å². The monoisotopic (exact) mass is 276 g/mol. The highest BCUT2D eigenvalue weighted by molar-refractivity contribution is 6.09. The third-order valence-corrected chi connectivity index (χ3v) is 3.99. The summed E-state index contributed by atoms with van der Waals surface area (Å²) in [5, 5.41) is 6.39. The zero-order valence-corrected chi connectivity index (χ0v) is 11.9. The van der Waals surface area contributed by atoms with Crippen LogP contribution in [0.3, 0.4) is 0 Å². The van der Waals surface area contributed by atoms with Gasteiger partial charge in [-0.25, -0.2) is 0 Å². The summed E-state index contributed by atoms with van der Waals surface area (Å²) in [4.78, 5) is 0. The van der Waals surface area contributed by atoms with Crippen LogP contribution in [0.4, 0.5) is 0 Å². The Balaban J connectivity index is 2.05. The second-order valence-corrected chi connectivity index (χ2v) is 5.31. The first-order valence-corrected chi connectivity index (χ1v) is 7.29. The van der Waals surface area contributed by atoms with Crippen LogP contribution in [0.1, 0.15) is 13.3 Å². The number of benzene rings is 2. The number of aromatic nitrogens is 2. The number of para-hydroxylation sites is 1. The van der Waals surface area contributed by atoms with E-state index in [0.29, 0.717) is 0 Å². The summed E-state index contributed by atoms with van der Waals surface area (Å²) < 4.78 is 7.36. The maximum Gasteiger partial charge on any atom is 0.131 e. The lowest BCUT2D eigenvalue weighted by atomic mass is 10.1. The zero-order valence-electron chi connectivity index (χ0n) is 11.9. The summed E-state index contributed by atoms with van der Waals surface area (Å²) in [6.07, 6.45) is 4.57. The highest BCUT2D eigenvalue weighted by atomic mass is 16.5. The van der Waals surface area contributed by atoms with Gasteiger partial charge in [0, 0.05) is 33.9 Å². The minimum absolute atomic E-state index is 1.02. The molecule has 0 saturated heterocycles. The van der Waals surface area contributed by atoms with Gasteiger partial charge < -0.3 is 9.09 Å². The molecule has 21 heavy (non-hydrogen) atoms. The smallest absolute Gasteiger partial charge is 0.131 e.